The van der Waals surface area contributed by atoms with Crippen molar-refractivity contribution in [1.29, 1.82) is 0 Å². The highest BCUT2D eigenvalue weighted by atomic mass is 16.5. The van der Waals surface area contributed by atoms with Crippen LogP contribution in [-0.4, -0.2) is 21.9 Å². The van der Waals surface area contributed by atoms with Crippen LogP contribution in [-0.2, 0) is 0 Å². The highest BCUT2D eigenvalue weighted by molar-refractivity contribution is 5.30. The minimum absolute atomic E-state index is 0.384. The van der Waals surface area contributed by atoms with E-state index in [2.05, 4.69) is 6.92 Å². The van der Waals surface area contributed by atoms with E-state index in [1.54, 1.807) is 0 Å². The molecule has 1 unspecified atom stereocenters. The second-order valence-corrected chi connectivity index (χ2v) is 6.57. The number of aliphatic hydroxyl groups excluding tert-OH is 1. The van der Waals surface area contributed by atoms with E-state index >= 15 is 0 Å². The molecule has 2 fully saturated rings. The summed E-state index contributed by atoms with van der Waals surface area (Å²) in [5.41, 5.74) is -0.184. The van der Waals surface area contributed by atoms with Gasteiger partial charge in [-0.15, -0.1) is 0 Å². The summed E-state index contributed by atoms with van der Waals surface area (Å²) >= 11 is 0. The molecule has 1 aromatic carbocycles. The zero-order chi connectivity index (χ0) is 14.2. The Labute approximate surface area is 120 Å². The van der Waals surface area contributed by atoms with E-state index in [1.807, 2.05) is 24.3 Å². The first-order valence-electron chi connectivity index (χ1n) is 7.74. The standard InChI is InChI=1S/C17H24O3/c1-12-8-10-17(19,11-9-12)16(18)13-2-4-14(5-3-13)20-15-6-7-15/h2-5,12,15-16,18-19H,6-11H2,1H3. The fourth-order valence-corrected chi connectivity index (χ4v) is 2.95. The molecule has 0 saturated heterocycles. The lowest BCUT2D eigenvalue weighted by Crippen LogP contribution is -2.39. The summed E-state index contributed by atoms with van der Waals surface area (Å²) in [7, 11) is 0. The summed E-state index contributed by atoms with van der Waals surface area (Å²) < 4.78 is 5.70. The predicted molar refractivity (Wildman–Crippen MR) is 77.6 cm³/mol. The Morgan fingerprint density at radius 1 is 1.10 bits per heavy atom. The second kappa shape index (κ2) is 5.38. The Morgan fingerprint density at radius 2 is 1.70 bits per heavy atom. The van der Waals surface area contributed by atoms with Gasteiger partial charge in [-0.05, 0) is 62.1 Å². The van der Waals surface area contributed by atoms with Gasteiger partial charge in [-0.1, -0.05) is 19.1 Å². The number of benzene rings is 1. The van der Waals surface area contributed by atoms with Crippen LogP contribution >= 0.6 is 0 Å². The molecule has 0 amide bonds. The molecule has 3 nitrogen and oxygen atoms in total. The van der Waals surface area contributed by atoms with Crippen LogP contribution in [0.2, 0.25) is 0 Å². The number of ether oxygens (including phenoxy) is 1. The quantitative estimate of drug-likeness (QED) is 0.888. The molecule has 2 saturated carbocycles. The van der Waals surface area contributed by atoms with Gasteiger partial charge in [0, 0.05) is 0 Å². The molecule has 0 bridgehead atoms. The van der Waals surface area contributed by atoms with Crippen molar-refractivity contribution in [2.45, 2.75) is 63.3 Å². The van der Waals surface area contributed by atoms with Crippen molar-refractivity contribution < 1.29 is 14.9 Å². The number of aliphatic hydroxyl groups is 2. The van der Waals surface area contributed by atoms with Crippen LogP contribution in [0.3, 0.4) is 0 Å². The Morgan fingerprint density at radius 3 is 2.25 bits per heavy atom. The lowest BCUT2D eigenvalue weighted by molar-refractivity contribution is -0.105. The van der Waals surface area contributed by atoms with Crippen molar-refractivity contribution in [3.05, 3.63) is 29.8 Å². The molecule has 1 atom stereocenters. The minimum atomic E-state index is -0.967. The van der Waals surface area contributed by atoms with Gasteiger partial charge in [-0.25, -0.2) is 0 Å². The van der Waals surface area contributed by atoms with Gasteiger partial charge in [0.2, 0.25) is 0 Å². The summed E-state index contributed by atoms with van der Waals surface area (Å²) in [4.78, 5) is 0. The maximum Gasteiger partial charge on any atom is 0.119 e. The summed E-state index contributed by atoms with van der Waals surface area (Å²) in [5.74, 6) is 1.50. The largest absolute Gasteiger partial charge is 0.490 e. The van der Waals surface area contributed by atoms with E-state index in [0.29, 0.717) is 24.9 Å². The van der Waals surface area contributed by atoms with Gasteiger partial charge in [0.05, 0.1) is 11.7 Å². The Kier molecular flexibility index (Phi) is 3.74. The smallest absolute Gasteiger partial charge is 0.119 e. The normalized spacial score (nSPS) is 31.9. The van der Waals surface area contributed by atoms with Gasteiger partial charge in [0.15, 0.2) is 0 Å². The number of hydrogen-bond acceptors (Lipinski definition) is 3. The molecule has 3 rings (SSSR count). The van der Waals surface area contributed by atoms with Crippen molar-refractivity contribution in [2.75, 3.05) is 0 Å². The van der Waals surface area contributed by atoms with Crippen molar-refractivity contribution in [3.8, 4) is 5.75 Å². The van der Waals surface area contributed by atoms with Crippen LogP contribution in [0.25, 0.3) is 0 Å². The van der Waals surface area contributed by atoms with Gasteiger partial charge in [-0.2, -0.15) is 0 Å². The first-order chi connectivity index (χ1) is 9.57. The van der Waals surface area contributed by atoms with Crippen LogP contribution in [0, 0.1) is 5.92 Å². The Bertz CT molecular complexity index is 442. The Balaban J connectivity index is 1.67. The molecule has 1 aromatic rings. The highest BCUT2D eigenvalue weighted by Gasteiger charge is 2.39. The average molecular weight is 276 g/mol. The van der Waals surface area contributed by atoms with Crippen molar-refractivity contribution in [3.63, 3.8) is 0 Å². The van der Waals surface area contributed by atoms with E-state index in [4.69, 9.17) is 4.74 Å². The molecular weight excluding hydrogens is 252 g/mol. The Hall–Kier alpha value is -1.06. The number of hydrogen-bond donors (Lipinski definition) is 2. The third-order valence-corrected chi connectivity index (χ3v) is 4.67. The van der Waals surface area contributed by atoms with E-state index < -0.39 is 11.7 Å². The van der Waals surface area contributed by atoms with E-state index in [9.17, 15) is 10.2 Å². The van der Waals surface area contributed by atoms with Gasteiger partial charge >= 0.3 is 0 Å². The summed E-state index contributed by atoms with van der Waals surface area (Å²) in [6.45, 7) is 2.20. The predicted octanol–water partition coefficient (Wildman–Crippen LogP) is 3.20. The van der Waals surface area contributed by atoms with Crippen LogP contribution in [0.4, 0.5) is 0 Å². The molecule has 0 spiro atoms. The molecule has 2 aliphatic carbocycles. The maximum atomic E-state index is 10.7. The molecule has 0 radical (unpaired) electrons. The average Bonchev–Trinajstić information content (AvgIpc) is 3.26. The van der Waals surface area contributed by atoms with E-state index in [1.165, 1.54) is 0 Å². The summed E-state index contributed by atoms with van der Waals surface area (Å²) in [6.07, 6.45) is 5.18. The second-order valence-electron chi connectivity index (χ2n) is 6.57. The van der Waals surface area contributed by atoms with Crippen LogP contribution in [0.15, 0.2) is 24.3 Å². The van der Waals surface area contributed by atoms with Gasteiger partial charge in [-0.3, -0.25) is 0 Å². The van der Waals surface area contributed by atoms with Gasteiger partial charge in [0.25, 0.3) is 0 Å². The van der Waals surface area contributed by atoms with E-state index in [0.717, 1.165) is 37.0 Å². The highest BCUT2D eigenvalue weighted by Crippen LogP contribution is 2.40. The van der Waals surface area contributed by atoms with Crippen LogP contribution in [0.5, 0.6) is 5.75 Å². The van der Waals surface area contributed by atoms with Crippen LogP contribution in [0.1, 0.15) is 57.1 Å². The molecular formula is C17H24O3. The third kappa shape index (κ3) is 2.99. The molecule has 0 heterocycles. The fourth-order valence-electron chi connectivity index (χ4n) is 2.95. The van der Waals surface area contributed by atoms with Crippen molar-refractivity contribution in [2.24, 2.45) is 5.92 Å². The lowest BCUT2D eigenvalue weighted by atomic mass is 9.75. The van der Waals surface area contributed by atoms with Crippen molar-refractivity contribution in [1.82, 2.24) is 0 Å². The molecule has 110 valence electrons. The molecule has 3 heteroatoms. The van der Waals surface area contributed by atoms with Gasteiger partial charge in [0.1, 0.15) is 11.9 Å². The fraction of sp³-hybridized carbons (Fsp3) is 0.647. The number of rotatable bonds is 4. The lowest BCUT2D eigenvalue weighted by Gasteiger charge is -2.38. The zero-order valence-electron chi connectivity index (χ0n) is 12.1. The van der Waals surface area contributed by atoms with Gasteiger partial charge < -0.3 is 14.9 Å². The van der Waals surface area contributed by atoms with Crippen molar-refractivity contribution >= 4 is 0 Å². The zero-order valence-corrected chi connectivity index (χ0v) is 12.1. The molecule has 0 aromatic heterocycles. The maximum absolute atomic E-state index is 10.7. The molecule has 0 aliphatic heterocycles. The molecule has 2 N–H and O–H groups in total. The topological polar surface area (TPSA) is 49.7 Å². The van der Waals surface area contributed by atoms with Crippen LogP contribution < -0.4 is 4.74 Å². The molecule has 20 heavy (non-hydrogen) atoms. The first-order valence-corrected chi connectivity index (χ1v) is 7.74. The molecule has 2 aliphatic rings. The first kappa shape index (κ1) is 13.9. The third-order valence-electron chi connectivity index (χ3n) is 4.67. The summed E-state index contributed by atoms with van der Waals surface area (Å²) in [5, 5.41) is 21.1. The summed E-state index contributed by atoms with van der Waals surface area (Å²) in [6, 6.07) is 7.54. The monoisotopic (exact) mass is 276 g/mol. The SMILES string of the molecule is CC1CCC(O)(C(O)c2ccc(OC3CC3)cc2)CC1. The minimum Gasteiger partial charge on any atom is -0.490 e. The van der Waals surface area contributed by atoms with E-state index in [-0.39, 0.29) is 0 Å².